The number of imide groups is 1. The van der Waals surface area contributed by atoms with Crippen LogP contribution in [0.25, 0.3) is 0 Å². The van der Waals surface area contributed by atoms with Crippen LogP contribution in [0.2, 0.25) is 0 Å². The molecule has 272 valence electrons. The lowest BCUT2D eigenvalue weighted by molar-refractivity contribution is -0.187. The number of aryl methyl sites for hydroxylation is 1. The Labute approximate surface area is 286 Å². The molecule has 16 heteroatoms. The molecule has 0 saturated carbocycles. The second-order valence-corrected chi connectivity index (χ2v) is 14.3. The molecule has 1 fully saturated rings. The van der Waals surface area contributed by atoms with Crippen molar-refractivity contribution in [2.75, 3.05) is 25.0 Å². The summed E-state index contributed by atoms with van der Waals surface area (Å²) in [4.78, 5) is 66.7. The zero-order valence-corrected chi connectivity index (χ0v) is 28.6. The standard InChI is InChI=1S/C34H41F4N5O7/c1-20(34(36,37)38)41(16-21-7-9-23(35)10-8-21)26(44)17-42-27(45)33(50-30(42)49)14-13-22-15-24(11-12-25(22)33)40-28(46)39-18-32(5,6)19-43(29(47)48)31(2,3)4/h7-12,15,20H,13-14,16-19H2,1-6H3,(H,47,48)(H2,39,40,46)/t20-,33+/m0/s1. The molecule has 1 aliphatic carbocycles. The van der Waals surface area contributed by atoms with Crippen LogP contribution in [0.5, 0.6) is 0 Å². The number of carboxylic acid groups (broad SMARTS) is 1. The Morgan fingerprint density at radius 3 is 2.26 bits per heavy atom. The van der Waals surface area contributed by atoms with Crippen molar-refractivity contribution in [1.82, 2.24) is 20.0 Å². The van der Waals surface area contributed by atoms with Gasteiger partial charge in [0.15, 0.2) is 0 Å². The predicted molar refractivity (Wildman–Crippen MR) is 172 cm³/mol. The van der Waals surface area contributed by atoms with Crippen molar-refractivity contribution in [2.24, 2.45) is 5.41 Å². The fraction of sp³-hybridized carbons (Fsp3) is 0.500. The summed E-state index contributed by atoms with van der Waals surface area (Å²) in [5.41, 5.74) is -1.59. The average molecular weight is 708 g/mol. The number of urea groups is 1. The van der Waals surface area contributed by atoms with Gasteiger partial charge in [0.2, 0.25) is 11.5 Å². The smallest absolute Gasteiger partial charge is 0.418 e. The third-order valence-corrected chi connectivity index (χ3v) is 8.79. The first kappa shape index (κ1) is 37.9. The van der Waals surface area contributed by atoms with Crippen molar-refractivity contribution in [3.05, 3.63) is 65.0 Å². The van der Waals surface area contributed by atoms with E-state index in [0.29, 0.717) is 26.6 Å². The molecule has 0 radical (unpaired) electrons. The van der Waals surface area contributed by atoms with Crippen LogP contribution in [0.4, 0.5) is 37.6 Å². The summed E-state index contributed by atoms with van der Waals surface area (Å²) >= 11 is 0. The third-order valence-electron chi connectivity index (χ3n) is 8.79. The minimum atomic E-state index is -4.83. The molecule has 2 aromatic rings. The van der Waals surface area contributed by atoms with Crippen LogP contribution in [0.15, 0.2) is 42.5 Å². The van der Waals surface area contributed by atoms with E-state index in [-0.39, 0.29) is 31.5 Å². The van der Waals surface area contributed by atoms with Crippen LogP contribution >= 0.6 is 0 Å². The van der Waals surface area contributed by atoms with E-state index in [1.54, 1.807) is 26.8 Å². The van der Waals surface area contributed by atoms with Crippen LogP contribution in [-0.4, -0.2) is 87.2 Å². The van der Waals surface area contributed by atoms with Gasteiger partial charge in [0.05, 0.1) is 0 Å². The Balaban J connectivity index is 1.44. The van der Waals surface area contributed by atoms with Gasteiger partial charge in [-0.2, -0.15) is 13.2 Å². The SMILES string of the molecule is C[C@H](N(Cc1ccc(F)cc1)C(=O)CN1C(=O)O[C@@]2(CCc3cc(NC(=O)NCC(C)(C)CN(C(=O)O)C(C)(C)C)ccc32)C1=O)C(F)(F)F. The molecule has 1 heterocycles. The van der Waals surface area contributed by atoms with Gasteiger partial charge in [0.25, 0.3) is 5.91 Å². The third kappa shape index (κ3) is 8.28. The van der Waals surface area contributed by atoms with Crippen molar-refractivity contribution in [3.8, 4) is 0 Å². The summed E-state index contributed by atoms with van der Waals surface area (Å²) in [5, 5.41) is 15.1. The van der Waals surface area contributed by atoms with Gasteiger partial charge in [0.1, 0.15) is 18.4 Å². The van der Waals surface area contributed by atoms with E-state index in [0.717, 1.165) is 19.1 Å². The van der Waals surface area contributed by atoms with Crippen LogP contribution in [0.1, 0.15) is 64.7 Å². The molecule has 2 aromatic carbocycles. The van der Waals surface area contributed by atoms with Crippen molar-refractivity contribution < 1.29 is 51.4 Å². The van der Waals surface area contributed by atoms with Gasteiger partial charge in [0, 0.05) is 42.8 Å². The summed E-state index contributed by atoms with van der Waals surface area (Å²) in [6.45, 7) is 8.49. The molecule has 3 N–H and O–H groups in total. The second-order valence-electron chi connectivity index (χ2n) is 14.3. The summed E-state index contributed by atoms with van der Waals surface area (Å²) in [5.74, 6) is -2.68. The number of anilines is 1. The van der Waals surface area contributed by atoms with E-state index in [1.807, 2.05) is 13.8 Å². The lowest BCUT2D eigenvalue weighted by Crippen LogP contribution is -2.51. The molecule has 0 aromatic heterocycles. The molecule has 6 amide bonds. The molecule has 1 saturated heterocycles. The van der Waals surface area contributed by atoms with Crippen molar-refractivity contribution in [3.63, 3.8) is 0 Å². The maximum Gasteiger partial charge on any atom is 0.418 e. The molecule has 0 bridgehead atoms. The highest BCUT2D eigenvalue weighted by molar-refractivity contribution is 6.06. The minimum absolute atomic E-state index is 0.00748. The Hall–Kier alpha value is -4.89. The number of halogens is 4. The number of hydrogen-bond donors (Lipinski definition) is 3. The number of rotatable bonds is 10. The van der Waals surface area contributed by atoms with Crippen LogP contribution in [0, 0.1) is 11.2 Å². The number of hydrogen-bond acceptors (Lipinski definition) is 6. The monoisotopic (exact) mass is 707 g/mol. The molecule has 2 atom stereocenters. The van der Waals surface area contributed by atoms with Gasteiger partial charge in [-0.3, -0.25) is 9.59 Å². The second kappa shape index (κ2) is 13.8. The molecular weight excluding hydrogens is 666 g/mol. The molecule has 1 spiro atoms. The number of amides is 6. The number of alkyl halides is 3. The summed E-state index contributed by atoms with van der Waals surface area (Å²) in [6, 6.07) is 6.29. The van der Waals surface area contributed by atoms with E-state index < -0.39 is 77.7 Å². The highest BCUT2D eigenvalue weighted by atomic mass is 19.4. The van der Waals surface area contributed by atoms with Crippen molar-refractivity contribution in [2.45, 2.75) is 84.3 Å². The quantitative estimate of drug-likeness (QED) is 0.263. The van der Waals surface area contributed by atoms with Gasteiger partial charge in [-0.1, -0.05) is 32.0 Å². The van der Waals surface area contributed by atoms with Gasteiger partial charge >= 0.3 is 24.4 Å². The summed E-state index contributed by atoms with van der Waals surface area (Å²) < 4.78 is 60.1. The maximum absolute atomic E-state index is 13.7. The lowest BCUT2D eigenvalue weighted by atomic mass is 9.90. The highest BCUT2D eigenvalue weighted by Gasteiger charge is 2.58. The first-order valence-electron chi connectivity index (χ1n) is 15.9. The van der Waals surface area contributed by atoms with Crippen molar-refractivity contribution >= 4 is 35.7 Å². The Morgan fingerprint density at radius 2 is 1.68 bits per heavy atom. The Morgan fingerprint density at radius 1 is 1.04 bits per heavy atom. The number of nitrogens with one attached hydrogen (secondary N) is 2. The van der Waals surface area contributed by atoms with E-state index >= 15 is 0 Å². The zero-order chi connectivity index (χ0) is 37.4. The zero-order valence-electron chi connectivity index (χ0n) is 28.6. The molecule has 50 heavy (non-hydrogen) atoms. The molecule has 4 rings (SSSR count). The molecule has 2 aliphatic rings. The number of nitrogens with zero attached hydrogens (tertiary/aromatic N) is 3. The van der Waals surface area contributed by atoms with Crippen LogP contribution in [0.3, 0.4) is 0 Å². The van der Waals surface area contributed by atoms with E-state index in [2.05, 4.69) is 10.6 Å². The Bertz CT molecular complexity index is 1660. The van der Waals surface area contributed by atoms with Gasteiger partial charge in [-0.25, -0.2) is 23.7 Å². The number of carbonyl (C=O) groups excluding carboxylic acids is 4. The number of fused-ring (bicyclic) bond motifs is 2. The van der Waals surface area contributed by atoms with E-state index in [4.69, 9.17) is 4.74 Å². The molecule has 0 unspecified atom stereocenters. The van der Waals surface area contributed by atoms with Crippen LogP contribution in [-0.2, 0) is 32.9 Å². The molecular formula is C34H41F4N5O7. The topological polar surface area (TPSA) is 149 Å². The molecule has 12 nitrogen and oxygen atoms in total. The largest absolute Gasteiger partial charge is 0.465 e. The average Bonchev–Trinajstić information content (AvgIpc) is 3.48. The first-order valence-corrected chi connectivity index (χ1v) is 15.9. The van der Waals surface area contributed by atoms with E-state index in [9.17, 15) is 46.6 Å². The number of ether oxygens (including phenoxy) is 1. The number of benzene rings is 2. The maximum atomic E-state index is 13.7. The summed E-state index contributed by atoms with van der Waals surface area (Å²) in [7, 11) is 0. The van der Waals surface area contributed by atoms with Gasteiger partial charge in [-0.05, 0) is 74.9 Å². The molecule has 1 aliphatic heterocycles. The van der Waals surface area contributed by atoms with E-state index in [1.165, 1.54) is 29.2 Å². The van der Waals surface area contributed by atoms with Crippen LogP contribution < -0.4 is 10.6 Å². The predicted octanol–water partition coefficient (Wildman–Crippen LogP) is 5.85. The first-order chi connectivity index (χ1) is 23.0. The lowest BCUT2D eigenvalue weighted by Gasteiger charge is -2.39. The normalized spacial score (nSPS) is 18.1. The summed E-state index contributed by atoms with van der Waals surface area (Å²) in [6.07, 6.45) is -6.83. The highest BCUT2D eigenvalue weighted by Crippen LogP contribution is 2.46. The fourth-order valence-corrected chi connectivity index (χ4v) is 5.93. The number of carbonyl (C=O) groups is 5. The van der Waals surface area contributed by atoms with Gasteiger partial charge < -0.3 is 30.3 Å². The van der Waals surface area contributed by atoms with Gasteiger partial charge in [-0.15, -0.1) is 0 Å². The minimum Gasteiger partial charge on any atom is -0.465 e. The Kier molecular flexibility index (Phi) is 10.5. The van der Waals surface area contributed by atoms with Crippen molar-refractivity contribution in [1.29, 1.82) is 0 Å². The fourth-order valence-electron chi connectivity index (χ4n) is 5.93.